The first-order valence-electron chi connectivity index (χ1n) is 11.7. The summed E-state index contributed by atoms with van der Waals surface area (Å²) < 4.78 is 17.6. The van der Waals surface area contributed by atoms with Crippen molar-refractivity contribution >= 4 is 16.9 Å². The summed E-state index contributed by atoms with van der Waals surface area (Å²) in [5, 5.41) is 0. The standard InChI is InChI=1S/C24H30N6O4/c1-5-34-19-8-6-18(7-9-19)29-16(2)17(3)30-20-21(25-23(29)30)26(4)24(32)28(22(20)31)11-10-27-12-14-33-15-13-27/h6-9H,5,10-15H2,1-4H3. The molecule has 0 saturated carbocycles. The van der Waals surface area contributed by atoms with Crippen molar-refractivity contribution in [3.05, 3.63) is 56.5 Å². The van der Waals surface area contributed by atoms with Crippen molar-refractivity contribution in [1.82, 2.24) is 28.0 Å². The molecule has 0 atom stereocenters. The minimum atomic E-state index is -0.353. The lowest BCUT2D eigenvalue weighted by molar-refractivity contribution is 0.0361. The molecule has 1 aliphatic rings. The number of aryl methyl sites for hydroxylation is 2. The van der Waals surface area contributed by atoms with Crippen molar-refractivity contribution in [2.45, 2.75) is 27.3 Å². The van der Waals surface area contributed by atoms with E-state index < -0.39 is 0 Å². The lowest BCUT2D eigenvalue weighted by Gasteiger charge is -2.26. The highest BCUT2D eigenvalue weighted by Gasteiger charge is 2.23. The van der Waals surface area contributed by atoms with Gasteiger partial charge in [-0.05, 0) is 45.0 Å². The van der Waals surface area contributed by atoms with E-state index in [-0.39, 0.29) is 11.2 Å². The fraction of sp³-hybridized carbons (Fsp3) is 0.458. The SMILES string of the molecule is CCOc1ccc(-n2c(C)c(C)n3c4c(=O)n(CCN5CCOCC5)c(=O)n(C)c4nc23)cc1. The van der Waals surface area contributed by atoms with E-state index in [0.29, 0.717) is 49.9 Å². The van der Waals surface area contributed by atoms with Crippen molar-refractivity contribution < 1.29 is 9.47 Å². The Morgan fingerprint density at radius 3 is 2.41 bits per heavy atom. The topological polar surface area (TPSA) is 87.9 Å². The molecule has 5 rings (SSSR count). The molecule has 4 heterocycles. The molecule has 10 heteroatoms. The first kappa shape index (κ1) is 22.4. The summed E-state index contributed by atoms with van der Waals surface area (Å²) in [6.07, 6.45) is 0. The van der Waals surface area contributed by atoms with Crippen LogP contribution in [0.1, 0.15) is 18.3 Å². The third-order valence-corrected chi connectivity index (χ3v) is 6.67. The largest absolute Gasteiger partial charge is 0.494 e. The van der Waals surface area contributed by atoms with Crippen molar-refractivity contribution in [2.24, 2.45) is 7.05 Å². The summed E-state index contributed by atoms with van der Waals surface area (Å²) in [6.45, 7) is 10.4. The van der Waals surface area contributed by atoms with Gasteiger partial charge in [0.15, 0.2) is 11.2 Å². The molecule has 0 unspecified atom stereocenters. The third kappa shape index (κ3) is 3.54. The first-order valence-corrected chi connectivity index (χ1v) is 11.7. The van der Waals surface area contributed by atoms with Gasteiger partial charge in [-0.25, -0.2) is 4.79 Å². The predicted molar refractivity (Wildman–Crippen MR) is 129 cm³/mol. The van der Waals surface area contributed by atoms with Gasteiger partial charge in [0.05, 0.1) is 19.8 Å². The van der Waals surface area contributed by atoms with Gasteiger partial charge in [-0.15, -0.1) is 0 Å². The van der Waals surface area contributed by atoms with Gasteiger partial charge in [-0.3, -0.25) is 27.8 Å². The summed E-state index contributed by atoms with van der Waals surface area (Å²) in [5.74, 6) is 1.40. The molecule has 0 N–H and O–H groups in total. The van der Waals surface area contributed by atoms with Crippen LogP contribution in [-0.2, 0) is 18.3 Å². The lowest BCUT2D eigenvalue weighted by atomic mass is 10.3. The molecule has 1 aromatic carbocycles. The molecule has 0 amide bonds. The van der Waals surface area contributed by atoms with Gasteiger partial charge in [0.1, 0.15) is 5.75 Å². The van der Waals surface area contributed by atoms with E-state index in [2.05, 4.69) is 4.90 Å². The number of hydrogen-bond acceptors (Lipinski definition) is 6. The minimum Gasteiger partial charge on any atom is -0.494 e. The number of morpholine rings is 1. The molecule has 1 fully saturated rings. The van der Waals surface area contributed by atoms with Crippen molar-refractivity contribution in [3.63, 3.8) is 0 Å². The highest BCUT2D eigenvalue weighted by atomic mass is 16.5. The van der Waals surface area contributed by atoms with E-state index in [9.17, 15) is 9.59 Å². The molecule has 0 bridgehead atoms. The number of ether oxygens (including phenoxy) is 2. The molecule has 3 aromatic heterocycles. The number of benzene rings is 1. The molecule has 1 saturated heterocycles. The molecule has 0 radical (unpaired) electrons. The Labute approximate surface area is 196 Å². The van der Waals surface area contributed by atoms with Crippen LogP contribution in [-0.4, -0.2) is 67.4 Å². The Hall–Kier alpha value is -3.37. The first-order chi connectivity index (χ1) is 16.4. The summed E-state index contributed by atoms with van der Waals surface area (Å²) >= 11 is 0. The molecule has 10 nitrogen and oxygen atoms in total. The second-order valence-corrected chi connectivity index (χ2v) is 8.60. The molecule has 180 valence electrons. The van der Waals surface area contributed by atoms with E-state index in [0.717, 1.165) is 35.9 Å². The highest BCUT2D eigenvalue weighted by molar-refractivity contribution is 5.77. The quantitative estimate of drug-likeness (QED) is 0.428. The van der Waals surface area contributed by atoms with E-state index >= 15 is 0 Å². The van der Waals surface area contributed by atoms with Gasteiger partial charge in [-0.2, -0.15) is 4.98 Å². The Balaban J connectivity index is 1.65. The maximum Gasteiger partial charge on any atom is 0.332 e. The maximum absolute atomic E-state index is 13.6. The monoisotopic (exact) mass is 466 g/mol. The Kier molecular flexibility index (Phi) is 5.78. The smallest absolute Gasteiger partial charge is 0.332 e. The van der Waals surface area contributed by atoms with Crippen LogP contribution in [0.15, 0.2) is 33.9 Å². The average Bonchev–Trinajstić information content (AvgIpc) is 3.34. The summed E-state index contributed by atoms with van der Waals surface area (Å²) in [5.41, 5.74) is 2.93. The van der Waals surface area contributed by atoms with E-state index in [4.69, 9.17) is 14.5 Å². The maximum atomic E-state index is 13.6. The fourth-order valence-electron chi connectivity index (χ4n) is 4.68. The summed E-state index contributed by atoms with van der Waals surface area (Å²) in [4.78, 5) is 33.7. The van der Waals surface area contributed by atoms with Crippen LogP contribution >= 0.6 is 0 Å². The number of nitrogens with zero attached hydrogens (tertiary/aromatic N) is 6. The molecular formula is C24H30N6O4. The van der Waals surface area contributed by atoms with Crippen LogP contribution in [0.5, 0.6) is 5.75 Å². The van der Waals surface area contributed by atoms with Gasteiger partial charge >= 0.3 is 5.69 Å². The zero-order valence-electron chi connectivity index (χ0n) is 20.1. The average molecular weight is 467 g/mol. The van der Waals surface area contributed by atoms with Crippen LogP contribution in [0.4, 0.5) is 0 Å². The summed E-state index contributed by atoms with van der Waals surface area (Å²) in [7, 11) is 1.67. The molecule has 1 aliphatic heterocycles. The number of fused-ring (bicyclic) bond motifs is 3. The van der Waals surface area contributed by atoms with Gasteiger partial charge in [0, 0.05) is 50.3 Å². The molecule has 34 heavy (non-hydrogen) atoms. The number of aromatic nitrogens is 5. The second kappa shape index (κ2) is 8.77. The second-order valence-electron chi connectivity index (χ2n) is 8.60. The van der Waals surface area contributed by atoms with Gasteiger partial charge in [-0.1, -0.05) is 0 Å². The van der Waals surface area contributed by atoms with Crippen molar-refractivity contribution in [3.8, 4) is 11.4 Å². The van der Waals surface area contributed by atoms with Crippen LogP contribution in [0, 0.1) is 13.8 Å². The van der Waals surface area contributed by atoms with Gasteiger partial charge in [0.2, 0.25) is 5.78 Å². The Bertz CT molecular complexity index is 1470. The molecule has 0 spiro atoms. The Morgan fingerprint density at radius 2 is 1.74 bits per heavy atom. The van der Waals surface area contributed by atoms with Crippen molar-refractivity contribution in [2.75, 3.05) is 39.5 Å². The van der Waals surface area contributed by atoms with Crippen molar-refractivity contribution in [1.29, 1.82) is 0 Å². The third-order valence-electron chi connectivity index (χ3n) is 6.67. The normalized spacial score (nSPS) is 14.9. The number of hydrogen-bond donors (Lipinski definition) is 0. The molecular weight excluding hydrogens is 436 g/mol. The minimum absolute atomic E-state index is 0.314. The molecule has 0 aliphatic carbocycles. The van der Waals surface area contributed by atoms with Crippen LogP contribution in [0.3, 0.4) is 0 Å². The van der Waals surface area contributed by atoms with Gasteiger partial charge < -0.3 is 9.47 Å². The van der Waals surface area contributed by atoms with E-state index in [1.54, 1.807) is 7.05 Å². The van der Waals surface area contributed by atoms with E-state index in [1.807, 2.05) is 54.0 Å². The molecule has 4 aromatic rings. The zero-order valence-corrected chi connectivity index (χ0v) is 20.1. The highest BCUT2D eigenvalue weighted by Crippen LogP contribution is 2.25. The van der Waals surface area contributed by atoms with Crippen LogP contribution < -0.4 is 16.0 Å². The predicted octanol–water partition coefficient (Wildman–Crippen LogP) is 1.49. The number of imidazole rings is 2. The van der Waals surface area contributed by atoms with Gasteiger partial charge in [0.25, 0.3) is 5.56 Å². The zero-order chi connectivity index (χ0) is 24.0. The Morgan fingerprint density at radius 1 is 1.03 bits per heavy atom. The lowest BCUT2D eigenvalue weighted by Crippen LogP contribution is -2.44. The number of rotatable bonds is 6. The fourth-order valence-corrected chi connectivity index (χ4v) is 4.68. The van der Waals surface area contributed by atoms with Crippen LogP contribution in [0.2, 0.25) is 0 Å². The van der Waals surface area contributed by atoms with E-state index in [1.165, 1.54) is 9.13 Å². The van der Waals surface area contributed by atoms with Crippen LogP contribution in [0.25, 0.3) is 22.6 Å². The summed E-state index contributed by atoms with van der Waals surface area (Å²) in [6, 6.07) is 7.77.